The zero-order valence-electron chi connectivity index (χ0n) is 9.13. The van der Waals surface area contributed by atoms with Gasteiger partial charge in [-0.2, -0.15) is 0 Å². The first-order valence-electron chi connectivity index (χ1n) is 4.93. The van der Waals surface area contributed by atoms with E-state index >= 15 is 0 Å². The van der Waals surface area contributed by atoms with Gasteiger partial charge in [-0.1, -0.05) is 35.5 Å². The van der Waals surface area contributed by atoms with Crippen LogP contribution in [-0.2, 0) is 7.05 Å². The van der Waals surface area contributed by atoms with Gasteiger partial charge in [0.25, 0.3) is 0 Å². The highest BCUT2D eigenvalue weighted by Crippen LogP contribution is 2.20. The number of halogens is 1. The number of benzene rings is 1. The molecule has 0 amide bonds. The van der Waals surface area contributed by atoms with Crippen LogP contribution in [0, 0.1) is 0 Å². The number of rotatable bonds is 4. The van der Waals surface area contributed by atoms with Crippen molar-refractivity contribution < 1.29 is 4.79 Å². The Kier molecular flexibility index (Phi) is 3.81. The van der Waals surface area contributed by atoms with Gasteiger partial charge in [0.15, 0.2) is 10.9 Å². The number of ketones is 1. The van der Waals surface area contributed by atoms with Gasteiger partial charge in [-0.05, 0) is 12.1 Å². The van der Waals surface area contributed by atoms with E-state index in [4.69, 9.17) is 11.6 Å². The maximum absolute atomic E-state index is 11.9. The van der Waals surface area contributed by atoms with Crippen molar-refractivity contribution in [2.24, 2.45) is 7.05 Å². The summed E-state index contributed by atoms with van der Waals surface area (Å²) in [4.78, 5) is 11.9. The lowest BCUT2D eigenvalue weighted by atomic mass is 10.1. The smallest absolute Gasteiger partial charge is 0.191 e. The largest absolute Gasteiger partial charge is 0.312 e. The molecule has 0 atom stereocenters. The van der Waals surface area contributed by atoms with Crippen LogP contribution in [0.5, 0.6) is 0 Å². The summed E-state index contributed by atoms with van der Waals surface area (Å²) >= 11 is 7.29. The van der Waals surface area contributed by atoms with Crippen LogP contribution in [0.15, 0.2) is 35.7 Å². The molecular formula is C11H10ClN3OS. The molecule has 0 aliphatic rings. The van der Waals surface area contributed by atoms with Crippen molar-refractivity contribution in [3.63, 3.8) is 0 Å². The van der Waals surface area contributed by atoms with Gasteiger partial charge in [-0.25, -0.2) is 0 Å². The number of aryl methyl sites for hydroxylation is 1. The number of thioether (sulfide) groups is 1. The molecule has 0 saturated carbocycles. The quantitative estimate of drug-likeness (QED) is 0.631. The molecule has 2 aromatic rings. The second-order valence-corrected chi connectivity index (χ2v) is 4.77. The van der Waals surface area contributed by atoms with E-state index in [0.29, 0.717) is 21.5 Å². The topological polar surface area (TPSA) is 47.8 Å². The van der Waals surface area contributed by atoms with Crippen molar-refractivity contribution in [1.29, 1.82) is 0 Å². The number of Topliss-reactive ketones (excluding diaryl/α,β-unsaturated/α-hetero) is 1. The van der Waals surface area contributed by atoms with Gasteiger partial charge in [0.2, 0.25) is 0 Å². The predicted molar refractivity (Wildman–Crippen MR) is 67.5 cm³/mol. The summed E-state index contributed by atoms with van der Waals surface area (Å²) in [5.41, 5.74) is 0.545. The fourth-order valence-corrected chi connectivity index (χ4v) is 2.31. The molecule has 0 fully saturated rings. The van der Waals surface area contributed by atoms with Crippen molar-refractivity contribution in [1.82, 2.24) is 14.8 Å². The highest BCUT2D eigenvalue weighted by Gasteiger charge is 2.11. The summed E-state index contributed by atoms with van der Waals surface area (Å²) < 4.78 is 1.77. The fourth-order valence-electron chi connectivity index (χ4n) is 1.30. The predicted octanol–water partition coefficient (Wildman–Crippen LogP) is 2.44. The molecule has 0 N–H and O–H groups in total. The highest BCUT2D eigenvalue weighted by atomic mass is 35.5. The van der Waals surface area contributed by atoms with Crippen LogP contribution >= 0.6 is 23.4 Å². The summed E-state index contributed by atoms with van der Waals surface area (Å²) in [6, 6.07) is 7.03. The number of aromatic nitrogens is 3. The van der Waals surface area contributed by atoms with E-state index in [-0.39, 0.29) is 5.78 Å². The third kappa shape index (κ3) is 2.87. The maximum atomic E-state index is 11.9. The minimum absolute atomic E-state index is 0.0106. The SMILES string of the molecule is Cn1cnnc1SCC(=O)c1ccccc1Cl. The Bertz CT molecular complexity index is 541. The van der Waals surface area contributed by atoms with Gasteiger partial charge in [0, 0.05) is 12.6 Å². The molecule has 4 nitrogen and oxygen atoms in total. The van der Waals surface area contributed by atoms with Crippen LogP contribution in [-0.4, -0.2) is 26.3 Å². The number of hydrogen-bond acceptors (Lipinski definition) is 4. The average Bonchev–Trinajstić information content (AvgIpc) is 2.72. The lowest BCUT2D eigenvalue weighted by Crippen LogP contribution is -2.04. The van der Waals surface area contributed by atoms with Crippen LogP contribution in [0.4, 0.5) is 0 Å². The highest BCUT2D eigenvalue weighted by molar-refractivity contribution is 7.99. The van der Waals surface area contributed by atoms with Crippen LogP contribution < -0.4 is 0 Å². The van der Waals surface area contributed by atoms with E-state index in [1.165, 1.54) is 11.8 Å². The van der Waals surface area contributed by atoms with E-state index in [1.807, 2.05) is 7.05 Å². The van der Waals surface area contributed by atoms with E-state index < -0.39 is 0 Å². The molecule has 0 spiro atoms. The summed E-state index contributed by atoms with van der Waals surface area (Å²) in [5, 5.41) is 8.84. The van der Waals surface area contributed by atoms with Crippen molar-refractivity contribution in [2.75, 3.05) is 5.75 Å². The monoisotopic (exact) mass is 267 g/mol. The average molecular weight is 268 g/mol. The van der Waals surface area contributed by atoms with Gasteiger partial charge < -0.3 is 4.57 Å². The molecular weight excluding hydrogens is 258 g/mol. The Morgan fingerprint density at radius 1 is 1.47 bits per heavy atom. The standard InChI is InChI=1S/C11H10ClN3OS/c1-15-7-13-14-11(15)17-6-10(16)8-4-2-3-5-9(8)12/h2-5,7H,6H2,1H3. The molecule has 17 heavy (non-hydrogen) atoms. The summed E-state index contributed by atoms with van der Waals surface area (Å²) in [7, 11) is 1.84. The zero-order valence-corrected chi connectivity index (χ0v) is 10.7. The lowest BCUT2D eigenvalue weighted by Gasteiger charge is -2.02. The first-order chi connectivity index (χ1) is 8.18. The molecule has 0 radical (unpaired) electrons. The maximum Gasteiger partial charge on any atom is 0.191 e. The lowest BCUT2D eigenvalue weighted by molar-refractivity contribution is 0.102. The third-order valence-electron chi connectivity index (χ3n) is 2.18. The fraction of sp³-hybridized carbons (Fsp3) is 0.182. The Morgan fingerprint density at radius 3 is 2.88 bits per heavy atom. The van der Waals surface area contributed by atoms with Gasteiger partial charge >= 0.3 is 0 Å². The molecule has 0 bridgehead atoms. The van der Waals surface area contributed by atoms with Crippen LogP contribution in [0.1, 0.15) is 10.4 Å². The first-order valence-corrected chi connectivity index (χ1v) is 6.29. The van der Waals surface area contributed by atoms with E-state index in [1.54, 1.807) is 35.2 Å². The van der Waals surface area contributed by atoms with Crippen LogP contribution in [0.25, 0.3) is 0 Å². The Balaban J connectivity index is 2.04. The molecule has 0 aliphatic carbocycles. The van der Waals surface area contributed by atoms with Crippen LogP contribution in [0.2, 0.25) is 5.02 Å². The number of hydrogen-bond donors (Lipinski definition) is 0. The minimum Gasteiger partial charge on any atom is -0.312 e. The summed E-state index contributed by atoms with van der Waals surface area (Å²) in [6.07, 6.45) is 1.60. The molecule has 0 aliphatic heterocycles. The van der Waals surface area contributed by atoms with Crippen molar-refractivity contribution in [3.8, 4) is 0 Å². The van der Waals surface area contributed by atoms with E-state index in [9.17, 15) is 4.79 Å². The molecule has 0 saturated heterocycles. The molecule has 88 valence electrons. The Morgan fingerprint density at radius 2 is 2.24 bits per heavy atom. The normalized spacial score (nSPS) is 10.5. The zero-order chi connectivity index (χ0) is 12.3. The van der Waals surface area contributed by atoms with E-state index in [2.05, 4.69) is 10.2 Å². The molecule has 1 aromatic carbocycles. The van der Waals surface area contributed by atoms with E-state index in [0.717, 1.165) is 0 Å². The molecule has 1 aromatic heterocycles. The van der Waals surface area contributed by atoms with Crippen LogP contribution in [0.3, 0.4) is 0 Å². The van der Waals surface area contributed by atoms with Gasteiger partial charge in [-0.15, -0.1) is 10.2 Å². The number of nitrogens with zero attached hydrogens (tertiary/aromatic N) is 3. The van der Waals surface area contributed by atoms with Gasteiger partial charge in [-0.3, -0.25) is 4.79 Å². The molecule has 1 heterocycles. The second-order valence-electron chi connectivity index (χ2n) is 3.42. The molecule has 2 rings (SSSR count). The number of carbonyl (C=O) groups is 1. The van der Waals surface area contributed by atoms with Crippen molar-refractivity contribution >= 4 is 29.1 Å². The second kappa shape index (κ2) is 5.33. The number of carbonyl (C=O) groups excluding carboxylic acids is 1. The summed E-state index contributed by atoms with van der Waals surface area (Å²) in [5.74, 6) is 0.291. The molecule has 6 heteroatoms. The first kappa shape index (κ1) is 12.1. The Hall–Kier alpha value is -1.33. The summed E-state index contributed by atoms with van der Waals surface area (Å²) in [6.45, 7) is 0. The van der Waals surface area contributed by atoms with Crippen molar-refractivity contribution in [2.45, 2.75) is 5.16 Å². The van der Waals surface area contributed by atoms with Gasteiger partial charge in [0.05, 0.1) is 10.8 Å². The Labute approximate surface area is 108 Å². The minimum atomic E-state index is -0.0106. The molecule has 0 unspecified atom stereocenters. The third-order valence-corrected chi connectivity index (χ3v) is 3.54. The van der Waals surface area contributed by atoms with Gasteiger partial charge in [0.1, 0.15) is 6.33 Å². The van der Waals surface area contributed by atoms with Crippen molar-refractivity contribution in [3.05, 3.63) is 41.2 Å².